The van der Waals surface area contributed by atoms with Crippen LogP contribution in [0.25, 0.3) is 0 Å². The van der Waals surface area contributed by atoms with Gasteiger partial charge in [-0.15, -0.1) is 11.3 Å². The van der Waals surface area contributed by atoms with E-state index >= 15 is 0 Å². The topological polar surface area (TPSA) is 41.1 Å². The molecule has 1 atom stereocenters. The molecule has 3 nitrogen and oxygen atoms in total. The van der Waals surface area contributed by atoms with Crippen molar-refractivity contribution in [2.45, 2.75) is 38.6 Å². The Hall–Kier alpha value is -0.870. The van der Waals surface area contributed by atoms with Crippen LogP contribution in [0.15, 0.2) is 17.5 Å². The third-order valence-electron chi connectivity index (χ3n) is 3.23. The third kappa shape index (κ3) is 4.10. The molecule has 1 heterocycles. The molecule has 1 aliphatic rings. The van der Waals surface area contributed by atoms with Crippen LogP contribution in [0.4, 0.5) is 0 Å². The Balaban J connectivity index is 1.72. The maximum Gasteiger partial charge on any atom is 0.221 e. The molecular formula is C14H22N2OS. The number of hydrogen-bond acceptors (Lipinski definition) is 3. The van der Waals surface area contributed by atoms with Gasteiger partial charge in [-0.2, -0.15) is 0 Å². The lowest BCUT2D eigenvalue weighted by atomic mass is 10.1. The zero-order valence-electron chi connectivity index (χ0n) is 10.9. The highest BCUT2D eigenvalue weighted by Gasteiger charge is 2.32. The first-order valence-corrected chi connectivity index (χ1v) is 7.72. The van der Waals surface area contributed by atoms with Crippen molar-refractivity contribution in [3.63, 3.8) is 0 Å². The summed E-state index contributed by atoms with van der Waals surface area (Å²) in [6.07, 6.45) is 4.21. The molecule has 0 saturated heterocycles. The minimum Gasteiger partial charge on any atom is -0.356 e. The second kappa shape index (κ2) is 6.90. The molecule has 1 saturated carbocycles. The van der Waals surface area contributed by atoms with Crippen LogP contribution in [0.2, 0.25) is 0 Å². The largest absolute Gasteiger partial charge is 0.356 e. The summed E-state index contributed by atoms with van der Waals surface area (Å²) in [7, 11) is 0. The normalized spacial score (nSPS) is 16.5. The molecule has 0 bridgehead atoms. The van der Waals surface area contributed by atoms with Gasteiger partial charge in [-0.3, -0.25) is 4.79 Å². The second-order valence-electron chi connectivity index (χ2n) is 4.88. The predicted molar refractivity (Wildman–Crippen MR) is 75.7 cm³/mol. The fraction of sp³-hybridized carbons (Fsp3) is 0.643. The summed E-state index contributed by atoms with van der Waals surface area (Å²) in [5, 5.41) is 8.58. The molecule has 0 aromatic carbocycles. The smallest absolute Gasteiger partial charge is 0.221 e. The van der Waals surface area contributed by atoms with Crippen molar-refractivity contribution in [2.24, 2.45) is 5.92 Å². The Morgan fingerprint density at radius 1 is 1.50 bits per heavy atom. The number of hydrogen-bond donors (Lipinski definition) is 2. The average molecular weight is 266 g/mol. The van der Waals surface area contributed by atoms with E-state index in [9.17, 15) is 4.79 Å². The SMILES string of the molecule is CCCNC(=O)CCNC(c1cccs1)C1CC1. The van der Waals surface area contributed by atoms with E-state index in [0.29, 0.717) is 12.5 Å². The van der Waals surface area contributed by atoms with Crippen LogP contribution in [0, 0.1) is 5.92 Å². The summed E-state index contributed by atoms with van der Waals surface area (Å²) in [5.74, 6) is 0.937. The molecule has 1 fully saturated rings. The van der Waals surface area contributed by atoms with Crippen molar-refractivity contribution >= 4 is 17.2 Å². The van der Waals surface area contributed by atoms with Crippen molar-refractivity contribution in [3.05, 3.63) is 22.4 Å². The quantitative estimate of drug-likeness (QED) is 0.759. The van der Waals surface area contributed by atoms with Gasteiger partial charge in [-0.1, -0.05) is 13.0 Å². The molecule has 2 rings (SSSR count). The molecule has 18 heavy (non-hydrogen) atoms. The summed E-state index contributed by atoms with van der Waals surface area (Å²) in [6.45, 7) is 3.63. The number of nitrogens with one attached hydrogen (secondary N) is 2. The summed E-state index contributed by atoms with van der Waals surface area (Å²) in [5.41, 5.74) is 0. The van der Waals surface area contributed by atoms with Crippen LogP contribution in [0.5, 0.6) is 0 Å². The fourth-order valence-electron chi connectivity index (χ4n) is 2.09. The summed E-state index contributed by atoms with van der Waals surface area (Å²) in [6, 6.07) is 4.76. The number of carbonyl (C=O) groups excluding carboxylic acids is 1. The third-order valence-corrected chi connectivity index (χ3v) is 4.19. The van der Waals surface area contributed by atoms with Gasteiger partial charge in [0.15, 0.2) is 0 Å². The van der Waals surface area contributed by atoms with Gasteiger partial charge in [0.25, 0.3) is 0 Å². The van der Waals surface area contributed by atoms with E-state index in [4.69, 9.17) is 0 Å². The molecular weight excluding hydrogens is 244 g/mol. The molecule has 2 N–H and O–H groups in total. The highest BCUT2D eigenvalue weighted by atomic mass is 32.1. The zero-order valence-corrected chi connectivity index (χ0v) is 11.8. The Kier molecular flexibility index (Phi) is 5.20. The number of thiophene rings is 1. The standard InChI is InChI=1S/C14H22N2OS/c1-2-8-15-13(17)7-9-16-14(11-5-6-11)12-4-3-10-18-12/h3-4,10-11,14,16H,2,5-9H2,1H3,(H,15,17). The first kappa shape index (κ1) is 13.6. The monoisotopic (exact) mass is 266 g/mol. The van der Waals surface area contributed by atoms with Gasteiger partial charge in [0.05, 0.1) is 0 Å². The molecule has 1 aliphatic carbocycles. The van der Waals surface area contributed by atoms with Gasteiger partial charge in [0.1, 0.15) is 0 Å². The average Bonchev–Trinajstić information content (AvgIpc) is 3.06. The molecule has 1 aromatic rings. The lowest BCUT2D eigenvalue weighted by molar-refractivity contribution is -0.121. The number of rotatable bonds is 8. The van der Waals surface area contributed by atoms with Gasteiger partial charge in [-0.25, -0.2) is 0 Å². The van der Waals surface area contributed by atoms with Crippen LogP contribution in [0.3, 0.4) is 0 Å². The van der Waals surface area contributed by atoms with E-state index in [1.54, 1.807) is 0 Å². The molecule has 1 amide bonds. The lowest BCUT2D eigenvalue weighted by Gasteiger charge is -2.16. The predicted octanol–water partition coefficient (Wildman–Crippen LogP) is 2.71. The van der Waals surface area contributed by atoms with Gasteiger partial charge in [-0.05, 0) is 36.6 Å². The summed E-state index contributed by atoms with van der Waals surface area (Å²) < 4.78 is 0. The molecule has 1 unspecified atom stereocenters. The summed E-state index contributed by atoms with van der Waals surface area (Å²) in [4.78, 5) is 12.9. The van der Waals surface area contributed by atoms with Crippen LogP contribution in [-0.2, 0) is 4.79 Å². The van der Waals surface area contributed by atoms with Crippen molar-refractivity contribution in [1.82, 2.24) is 10.6 Å². The Bertz CT molecular complexity index is 360. The van der Waals surface area contributed by atoms with Crippen LogP contribution in [-0.4, -0.2) is 19.0 Å². The van der Waals surface area contributed by atoms with Crippen LogP contribution < -0.4 is 10.6 Å². The summed E-state index contributed by atoms with van der Waals surface area (Å²) >= 11 is 1.81. The van der Waals surface area contributed by atoms with Gasteiger partial charge >= 0.3 is 0 Å². The number of amides is 1. The van der Waals surface area contributed by atoms with E-state index in [0.717, 1.165) is 25.4 Å². The van der Waals surface area contributed by atoms with Crippen molar-refractivity contribution in [1.29, 1.82) is 0 Å². The van der Waals surface area contributed by atoms with Crippen molar-refractivity contribution in [2.75, 3.05) is 13.1 Å². The molecule has 0 radical (unpaired) electrons. The van der Waals surface area contributed by atoms with Crippen LogP contribution >= 0.6 is 11.3 Å². The maximum absolute atomic E-state index is 11.5. The number of carbonyl (C=O) groups is 1. The minimum absolute atomic E-state index is 0.157. The zero-order chi connectivity index (χ0) is 12.8. The second-order valence-corrected chi connectivity index (χ2v) is 5.86. The van der Waals surface area contributed by atoms with E-state index in [1.165, 1.54) is 17.7 Å². The molecule has 1 aromatic heterocycles. The van der Waals surface area contributed by atoms with E-state index in [2.05, 4.69) is 35.1 Å². The van der Waals surface area contributed by atoms with E-state index in [-0.39, 0.29) is 5.91 Å². The first-order chi connectivity index (χ1) is 8.81. The Labute approximate surface area is 113 Å². The molecule has 100 valence electrons. The van der Waals surface area contributed by atoms with Gasteiger partial charge in [0.2, 0.25) is 5.91 Å². The Morgan fingerprint density at radius 3 is 2.94 bits per heavy atom. The highest BCUT2D eigenvalue weighted by Crippen LogP contribution is 2.42. The van der Waals surface area contributed by atoms with E-state index in [1.807, 2.05) is 11.3 Å². The van der Waals surface area contributed by atoms with Gasteiger partial charge in [0, 0.05) is 30.4 Å². The lowest BCUT2D eigenvalue weighted by Crippen LogP contribution is -2.30. The molecule has 4 heteroatoms. The van der Waals surface area contributed by atoms with Gasteiger partial charge < -0.3 is 10.6 Å². The van der Waals surface area contributed by atoms with Crippen molar-refractivity contribution < 1.29 is 4.79 Å². The highest BCUT2D eigenvalue weighted by molar-refractivity contribution is 7.10. The maximum atomic E-state index is 11.5. The molecule has 0 spiro atoms. The van der Waals surface area contributed by atoms with E-state index < -0.39 is 0 Å². The first-order valence-electron chi connectivity index (χ1n) is 6.84. The minimum atomic E-state index is 0.157. The van der Waals surface area contributed by atoms with Crippen LogP contribution in [0.1, 0.15) is 43.5 Å². The van der Waals surface area contributed by atoms with Crippen molar-refractivity contribution in [3.8, 4) is 0 Å². The molecule has 0 aliphatic heterocycles. The Morgan fingerprint density at radius 2 is 2.33 bits per heavy atom. The fourth-order valence-corrected chi connectivity index (χ4v) is 2.99.